The second-order valence-electron chi connectivity index (χ2n) is 6.53. The highest BCUT2D eigenvalue weighted by atomic mass is 35.5. The number of rotatable bonds is 7. The molecular formula is C20H25ClFN3O2. The van der Waals surface area contributed by atoms with Crippen LogP contribution < -0.4 is 15.8 Å². The minimum atomic E-state index is -0.303. The summed E-state index contributed by atoms with van der Waals surface area (Å²) in [5.74, 6) is 0.486. The number of ether oxygens (including phenoxy) is 1. The molecule has 0 aliphatic carbocycles. The second kappa shape index (κ2) is 10.3. The summed E-state index contributed by atoms with van der Waals surface area (Å²) in [6.07, 6.45) is 0. The molecule has 1 aliphatic heterocycles. The fraction of sp³-hybridized carbons (Fsp3) is 0.350. The number of nitrogens with one attached hydrogen (secondary N) is 1. The van der Waals surface area contributed by atoms with E-state index in [-0.39, 0.29) is 36.1 Å². The Balaban J connectivity index is 0.00000261. The van der Waals surface area contributed by atoms with Gasteiger partial charge in [-0.25, -0.2) is 4.39 Å². The van der Waals surface area contributed by atoms with Crippen molar-refractivity contribution in [2.24, 2.45) is 5.73 Å². The van der Waals surface area contributed by atoms with E-state index in [0.717, 1.165) is 6.54 Å². The third-order valence-corrected chi connectivity index (χ3v) is 4.54. The summed E-state index contributed by atoms with van der Waals surface area (Å²) in [5.41, 5.74) is 7.47. The highest BCUT2D eigenvalue weighted by molar-refractivity contribution is 5.85. The van der Waals surface area contributed by atoms with Crippen LogP contribution in [0.2, 0.25) is 0 Å². The van der Waals surface area contributed by atoms with Gasteiger partial charge in [-0.15, -0.1) is 12.4 Å². The summed E-state index contributed by atoms with van der Waals surface area (Å²) in [6.45, 7) is 2.55. The lowest BCUT2D eigenvalue weighted by Gasteiger charge is -2.16. The van der Waals surface area contributed by atoms with Gasteiger partial charge >= 0.3 is 0 Å². The molecule has 3 N–H and O–H groups in total. The smallest absolute Gasteiger partial charge is 0.234 e. The van der Waals surface area contributed by atoms with E-state index in [0.29, 0.717) is 32.0 Å². The van der Waals surface area contributed by atoms with Crippen molar-refractivity contribution in [2.45, 2.75) is 12.0 Å². The topological polar surface area (TPSA) is 67.6 Å². The largest absolute Gasteiger partial charge is 0.492 e. The minimum Gasteiger partial charge on any atom is -0.492 e. The fourth-order valence-corrected chi connectivity index (χ4v) is 3.24. The first-order valence-corrected chi connectivity index (χ1v) is 8.80. The first-order valence-electron chi connectivity index (χ1n) is 8.80. The zero-order chi connectivity index (χ0) is 18.4. The Hall–Kier alpha value is -2.15. The quantitative estimate of drug-likeness (QED) is 0.707. The molecule has 2 aromatic rings. The van der Waals surface area contributed by atoms with Gasteiger partial charge in [0.2, 0.25) is 5.91 Å². The molecule has 146 valence electrons. The van der Waals surface area contributed by atoms with Gasteiger partial charge in [-0.2, -0.15) is 0 Å². The third kappa shape index (κ3) is 6.20. The highest BCUT2D eigenvalue weighted by Crippen LogP contribution is 2.25. The molecule has 7 heteroatoms. The van der Waals surface area contributed by atoms with Crippen LogP contribution in [-0.2, 0) is 4.79 Å². The number of halogens is 2. The first-order chi connectivity index (χ1) is 12.6. The van der Waals surface area contributed by atoms with Crippen LogP contribution in [0.4, 0.5) is 4.39 Å². The summed E-state index contributed by atoms with van der Waals surface area (Å²) in [4.78, 5) is 14.2. The summed E-state index contributed by atoms with van der Waals surface area (Å²) in [5, 5.41) is 2.84. The number of nitrogens with two attached hydrogens (primary N) is 1. The number of carbonyl (C=O) groups is 1. The molecule has 0 spiro atoms. The molecule has 2 aromatic carbocycles. The van der Waals surface area contributed by atoms with E-state index in [1.54, 1.807) is 12.1 Å². The maximum atomic E-state index is 12.8. The molecule has 0 radical (unpaired) electrons. The fourth-order valence-electron chi connectivity index (χ4n) is 3.24. The zero-order valence-corrected chi connectivity index (χ0v) is 15.8. The minimum absolute atomic E-state index is 0. The van der Waals surface area contributed by atoms with E-state index in [1.165, 1.54) is 17.7 Å². The molecule has 3 rings (SSSR count). The van der Waals surface area contributed by atoms with Crippen molar-refractivity contribution >= 4 is 18.3 Å². The Morgan fingerprint density at radius 1 is 1.15 bits per heavy atom. The molecular weight excluding hydrogens is 369 g/mol. The van der Waals surface area contributed by atoms with Crippen LogP contribution in [0.15, 0.2) is 54.6 Å². The van der Waals surface area contributed by atoms with E-state index in [9.17, 15) is 9.18 Å². The van der Waals surface area contributed by atoms with Crippen LogP contribution in [-0.4, -0.2) is 49.6 Å². The van der Waals surface area contributed by atoms with Crippen molar-refractivity contribution in [3.8, 4) is 5.75 Å². The van der Waals surface area contributed by atoms with E-state index < -0.39 is 0 Å². The van der Waals surface area contributed by atoms with Crippen LogP contribution in [0.5, 0.6) is 5.75 Å². The van der Waals surface area contributed by atoms with Gasteiger partial charge in [-0.3, -0.25) is 9.69 Å². The monoisotopic (exact) mass is 393 g/mol. The molecule has 1 aliphatic rings. The average Bonchev–Trinajstić information content (AvgIpc) is 3.01. The van der Waals surface area contributed by atoms with E-state index >= 15 is 0 Å². The molecule has 1 fully saturated rings. The average molecular weight is 394 g/mol. The highest BCUT2D eigenvalue weighted by Gasteiger charge is 2.31. The molecule has 0 unspecified atom stereocenters. The lowest BCUT2D eigenvalue weighted by atomic mass is 9.95. The van der Waals surface area contributed by atoms with Crippen LogP contribution >= 0.6 is 12.4 Å². The number of nitrogens with zero attached hydrogens (tertiary/aromatic N) is 1. The predicted molar refractivity (Wildman–Crippen MR) is 106 cm³/mol. The molecule has 0 saturated carbocycles. The summed E-state index contributed by atoms with van der Waals surface area (Å²) >= 11 is 0. The maximum Gasteiger partial charge on any atom is 0.234 e. The number of likely N-dealkylation sites (tertiary alicyclic amines) is 1. The summed E-state index contributed by atoms with van der Waals surface area (Å²) < 4.78 is 18.3. The number of hydrogen-bond acceptors (Lipinski definition) is 4. The van der Waals surface area contributed by atoms with Gasteiger partial charge in [0.05, 0.1) is 13.1 Å². The lowest BCUT2D eigenvalue weighted by molar-refractivity contribution is -0.122. The van der Waals surface area contributed by atoms with Crippen molar-refractivity contribution in [1.82, 2.24) is 10.2 Å². The van der Waals surface area contributed by atoms with E-state index in [4.69, 9.17) is 10.5 Å². The molecule has 1 saturated heterocycles. The maximum absolute atomic E-state index is 12.8. The van der Waals surface area contributed by atoms with Crippen molar-refractivity contribution in [3.05, 3.63) is 66.0 Å². The standard InChI is InChI=1S/C20H24FN3O2.ClH/c21-16-6-8-17(9-7-16)26-11-10-23-20(25)14-24-12-18(19(22)13-24)15-4-2-1-3-5-15;/h1-9,18-19H,10-14,22H2,(H,23,25);1H/t18-,19+;/m0./s1. The van der Waals surface area contributed by atoms with Crippen molar-refractivity contribution in [2.75, 3.05) is 32.8 Å². The van der Waals surface area contributed by atoms with Gasteiger partial charge in [0.1, 0.15) is 18.2 Å². The van der Waals surface area contributed by atoms with Crippen LogP contribution in [0.25, 0.3) is 0 Å². The van der Waals surface area contributed by atoms with Gasteiger partial charge in [-0.05, 0) is 29.8 Å². The van der Waals surface area contributed by atoms with Gasteiger partial charge < -0.3 is 15.8 Å². The SMILES string of the molecule is Cl.N[C@@H]1CN(CC(=O)NCCOc2ccc(F)cc2)C[C@H]1c1ccccc1. The van der Waals surface area contributed by atoms with Crippen molar-refractivity contribution < 1.29 is 13.9 Å². The Morgan fingerprint density at radius 2 is 1.85 bits per heavy atom. The second-order valence-corrected chi connectivity index (χ2v) is 6.53. The Kier molecular flexibility index (Phi) is 8.03. The predicted octanol–water partition coefficient (Wildman–Crippen LogP) is 2.17. The number of hydrogen-bond donors (Lipinski definition) is 2. The Bertz CT molecular complexity index is 715. The van der Waals surface area contributed by atoms with Gasteiger partial charge in [0.25, 0.3) is 0 Å². The molecule has 5 nitrogen and oxygen atoms in total. The van der Waals surface area contributed by atoms with E-state index in [2.05, 4.69) is 22.3 Å². The van der Waals surface area contributed by atoms with Crippen molar-refractivity contribution in [3.63, 3.8) is 0 Å². The van der Waals surface area contributed by atoms with Gasteiger partial charge in [0, 0.05) is 25.0 Å². The molecule has 1 amide bonds. The third-order valence-electron chi connectivity index (χ3n) is 4.54. The molecule has 27 heavy (non-hydrogen) atoms. The van der Waals surface area contributed by atoms with Crippen LogP contribution in [0.1, 0.15) is 11.5 Å². The molecule has 0 aromatic heterocycles. The number of carbonyl (C=O) groups excluding carboxylic acids is 1. The van der Waals surface area contributed by atoms with Crippen LogP contribution in [0, 0.1) is 5.82 Å². The number of amides is 1. The normalized spacial score (nSPS) is 19.3. The molecule has 2 atom stereocenters. The summed E-state index contributed by atoms with van der Waals surface area (Å²) in [7, 11) is 0. The van der Waals surface area contributed by atoms with Gasteiger partial charge in [-0.1, -0.05) is 30.3 Å². The molecule has 0 bridgehead atoms. The van der Waals surface area contributed by atoms with Crippen LogP contribution in [0.3, 0.4) is 0 Å². The Morgan fingerprint density at radius 3 is 2.56 bits per heavy atom. The molecule has 1 heterocycles. The number of benzene rings is 2. The van der Waals surface area contributed by atoms with Gasteiger partial charge in [0.15, 0.2) is 0 Å². The Labute approximate surface area is 165 Å². The first kappa shape index (κ1) is 21.2. The van der Waals surface area contributed by atoms with E-state index in [1.807, 2.05) is 18.2 Å². The van der Waals surface area contributed by atoms with Crippen molar-refractivity contribution in [1.29, 1.82) is 0 Å². The lowest BCUT2D eigenvalue weighted by Crippen LogP contribution is -2.38. The zero-order valence-electron chi connectivity index (χ0n) is 15.0. The summed E-state index contributed by atoms with van der Waals surface area (Å²) in [6, 6.07) is 16.0.